The van der Waals surface area contributed by atoms with Crippen LogP contribution >= 0.6 is 0 Å². The van der Waals surface area contributed by atoms with Crippen molar-refractivity contribution < 1.29 is 8.42 Å². The average molecular weight is 295 g/mol. The maximum absolute atomic E-state index is 11.6. The van der Waals surface area contributed by atoms with Gasteiger partial charge in [-0.25, -0.2) is 13.1 Å². The van der Waals surface area contributed by atoms with Crippen molar-refractivity contribution in [2.24, 2.45) is 0 Å². The Morgan fingerprint density at radius 2 is 2.20 bits per heavy atom. The molecule has 1 aromatic carbocycles. The summed E-state index contributed by atoms with van der Waals surface area (Å²) in [6.07, 6.45) is 3.58. The minimum Gasteiger partial charge on any atom is -0.397 e. The molecule has 0 radical (unpaired) electrons. The van der Waals surface area contributed by atoms with Gasteiger partial charge in [0.05, 0.1) is 22.8 Å². The van der Waals surface area contributed by atoms with Crippen LogP contribution in [0.2, 0.25) is 0 Å². The summed E-state index contributed by atoms with van der Waals surface area (Å²) in [5.74, 6) is 0. The summed E-state index contributed by atoms with van der Waals surface area (Å²) in [7, 11) is -2.10. The summed E-state index contributed by atoms with van der Waals surface area (Å²) >= 11 is 0. The number of hydrogen-bond donors (Lipinski definition) is 3. The van der Waals surface area contributed by atoms with Crippen LogP contribution in [0.4, 0.5) is 11.4 Å². The van der Waals surface area contributed by atoms with Crippen molar-refractivity contribution in [2.75, 3.05) is 24.6 Å². The van der Waals surface area contributed by atoms with Crippen LogP contribution in [0.3, 0.4) is 0 Å². The molecule has 0 atom stereocenters. The number of nitrogen functional groups attached to an aromatic ring is 1. The molecule has 0 aliphatic heterocycles. The van der Waals surface area contributed by atoms with Crippen LogP contribution < -0.4 is 15.8 Å². The number of anilines is 2. The minimum atomic E-state index is -3.47. The van der Waals surface area contributed by atoms with E-state index in [9.17, 15) is 8.42 Å². The second kappa shape index (κ2) is 5.93. The van der Waals surface area contributed by atoms with Crippen molar-refractivity contribution in [2.45, 2.75) is 11.4 Å². The molecule has 8 heteroatoms. The highest BCUT2D eigenvalue weighted by Gasteiger charge is 2.12. The minimum absolute atomic E-state index is 0.148. The van der Waals surface area contributed by atoms with E-state index in [1.807, 2.05) is 12.3 Å². The normalized spacial score (nSPS) is 11.4. The topological polar surface area (TPSA) is 102 Å². The van der Waals surface area contributed by atoms with Crippen LogP contribution in [0.15, 0.2) is 41.6 Å². The summed E-state index contributed by atoms with van der Waals surface area (Å²) in [5.41, 5.74) is 6.95. The van der Waals surface area contributed by atoms with Gasteiger partial charge in [-0.05, 0) is 31.3 Å². The molecule has 20 heavy (non-hydrogen) atoms. The van der Waals surface area contributed by atoms with Gasteiger partial charge in [-0.3, -0.25) is 4.68 Å². The molecule has 108 valence electrons. The number of benzene rings is 1. The van der Waals surface area contributed by atoms with Crippen molar-refractivity contribution in [1.82, 2.24) is 14.5 Å². The van der Waals surface area contributed by atoms with Gasteiger partial charge in [0.15, 0.2) is 0 Å². The number of nitrogens with one attached hydrogen (secondary N) is 2. The molecule has 0 aliphatic rings. The highest BCUT2D eigenvalue weighted by Crippen LogP contribution is 2.22. The summed E-state index contributed by atoms with van der Waals surface area (Å²) in [4.78, 5) is 0.148. The van der Waals surface area contributed by atoms with Crippen LogP contribution in [0.5, 0.6) is 0 Å². The SMILES string of the molecule is CNS(=O)(=O)c1ccc(NCCn2cccn2)c(N)c1. The summed E-state index contributed by atoms with van der Waals surface area (Å²) in [5, 5.41) is 7.23. The molecule has 2 aromatic rings. The quantitative estimate of drug-likeness (QED) is 0.673. The van der Waals surface area contributed by atoms with E-state index in [1.54, 1.807) is 16.9 Å². The Morgan fingerprint density at radius 1 is 1.40 bits per heavy atom. The predicted molar refractivity (Wildman–Crippen MR) is 77.8 cm³/mol. The van der Waals surface area contributed by atoms with Gasteiger partial charge in [-0.15, -0.1) is 0 Å². The Labute approximate surface area is 117 Å². The van der Waals surface area contributed by atoms with Crippen molar-refractivity contribution in [1.29, 1.82) is 0 Å². The van der Waals surface area contributed by atoms with E-state index in [-0.39, 0.29) is 4.90 Å². The molecule has 1 heterocycles. The van der Waals surface area contributed by atoms with Crippen LogP contribution in [-0.4, -0.2) is 31.8 Å². The van der Waals surface area contributed by atoms with Crippen molar-refractivity contribution in [3.63, 3.8) is 0 Å². The van der Waals surface area contributed by atoms with Gasteiger partial charge in [0.2, 0.25) is 10.0 Å². The molecule has 0 bridgehead atoms. The maximum Gasteiger partial charge on any atom is 0.240 e. The number of aromatic nitrogens is 2. The van der Waals surface area contributed by atoms with Gasteiger partial charge >= 0.3 is 0 Å². The average Bonchev–Trinajstić information content (AvgIpc) is 2.93. The lowest BCUT2D eigenvalue weighted by Gasteiger charge is -2.11. The molecule has 0 fully saturated rings. The van der Waals surface area contributed by atoms with Gasteiger partial charge in [0.25, 0.3) is 0 Å². The molecule has 1 aromatic heterocycles. The molecule has 0 unspecified atom stereocenters. The number of hydrogen-bond acceptors (Lipinski definition) is 5. The van der Waals surface area contributed by atoms with E-state index in [2.05, 4.69) is 15.1 Å². The summed E-state index contributed by atoms with van der Waals surface area (Å²) < 4.78 is 27.3. The third-order valence-electron chi connectivity index (χ3n) is 2.82. The van der Waals surface area contributed by atoms with E-state index < -0.39 is 10.0 Å². The molecule has 0 saturated carbocycles. The summed E-state index contributed by atoms with van der Waals surface area (Å²) in [6, 6.07) is 6.45. The zero-order valence-corrected chi connectivity index (χ0v) is 11.9. The second-order valence-corrected chi connectivity index (χ2v) is 6.04. The largest absolute Gasteiger partial charge is 0.397 e. The zero-order valence-electron chi connectivity index (χ0n) is 11.1. The monoisotopic (exact) mass is 295 g/mol. The molecule has 4 N–H and O–H groups in total. The van der Waals surface area contributed by atoms with E-state index in [0.717, 1.165) is 0 Å². The Morgan fingerprint density at radius 3 is 2.80 bits per heavy atom. The zero-order chi connectivity index (χ0) is 14.6. The smallest absolute Gasteiger partial charge is 0.240 e. The molecular weight excluding hydrogens is 278 g/mol. The molecule has 2 rings (SSSR count). The number of rotatable bonds is 6. The van der Waals surface area contributed by atoms with Gasteiger partial charge in [-0.2, -0.15) is 5.10 Å². The lowest BCUT2D eigenvalue weighted by Crippen LogP contribution is -2.19. The molecule has 7 nitrogen and oxygen atoms in total. The molecule has 0 spiro atoms. The molecule has 0 aliphatic carbocycles. The van der Waals surface area contributed by atoms with E-state index in [4.69, 9.17) is 5.73 Å². The van der Waals surface area contributed by atoms with Gasteiger partial charge in [0, 0.05) is 18.9 Å². The van der Waals surface area contributed by atoms with Crippen LogP contribution in [0.1, 0.15) is 0 Å². The first kappa shape index (κ1) is 14.4. The first-order valence-electron chi connectivity index (χ1n) is 6.07. The standard InChI is InChI=1S/C12H17N5O2S/c1-14-20(18,19)10-3-4-12(11(13)9-10)15-6-8-17-7-2-5-16-17/h2-5,7,9,14-15H,6,8,13H2,1H3. The fraction of sp³-hybridized carbons (Fsp3) is 0.250. The van der Waals surface area contributed by atoms with E-state index >= 15 is 0 Å². The first-order chi connectivity index (χ1) is 9.53. The van der Waals surface area contributed by atoms with E-state index in [0.29, 0.717) is 24.5 Å². The maximum atomic E-state index is 11.6. The first-order valence-corrected chi connectivity index (χ1v) is 7.55. The van der Waals surface area contributed by atoms with Crippen molar-refractivity contribution >= 4 is 21.4 Å². The lowest BCUT2D eigenvalue weighted by atomic mass is 10.2. The highest BCUT2D eigenvalue weighted by molar-refractivity contribution is 7.89. The Kier molecular flexibility index (Phi) is 4.26. The van der Waals surface area contributed by atoms with E-state index in [1.165, 1.54) is 19.2 Å². The number of nitrogens with two attached hydrogens (primary N) is 1. The molecule has 0 saturated heterocycles. The van der Waals surface area contributed by atoms with Crippen LogP contribution in [0.25, 0.3) is 0 Å². The number of nitrogens with zero attached hydrogens (tertiary/aromatic N) is 2. The Balaban J connectivity index is 2.03. The van der Waals surface area contributed by atoms with Crippen LogP contribution in [-0.2, 0) is 16.6 Å². The van der Waals surface area contributed by atoms with Crippen molar-refractivity contribution in [3.8, 4) is 0 Å². The van der Waals surface area contributed by atoms with Gasteiger partial charge in [-0.1, -0.05) is 0 Å². The molecule has 0 amide bonds. The van der Waals surface area contributed by atoms with Crippen LogP contribution in [0, 0.1) is 0 Å². The summed E-state index contributed by atoms with van der Waals surface area (Å²) in [6.45, 7) is 1.34. The van der Waals surface area contributed by atoms with Gasteiger partial charge in [0.1, 0.15) is 0 Å². The number of sulfonamides is 1. The highest BCUT2D eigenvalue weighted by atomic mass is 32.2. The lowest BCUT2D eigenvalue weighted by molar-refractivity contribution is 0.588. The second-order valence-electron chi connectivity index (χ2n) is 4.15. The fourth-order valence-corrected chi connectivity index (χ4v) is 2.49. The fourth-order valence-electron chi connectivity index (χ4n) is 1.72. The van der Waals surface area contributed by atoms with Gasteiger partial charge < -0.3 is 11.1 Å². The third-order valence-corrected chi connectivity index (χ3v) is 4.23. The molecular formula is C12H17N5O2S. The Hall–Kier alpha value is -2.06. The predicted octanol–water partition coefficient (Wildman–Crippen LogP) is 0.485. The Bertz CT molecular complexity index is 667. The third kappa shape index (κ3) is 3.28. The van der Waals surface area contributed by atoms with Crippen molar-refractivity contribution in [3.05, 3.63) is 36.7 Å².